The Morgan fingerprint density at radius 2 is 2.00 bits per heavy atom. The minimum absolute atomic E-state index is 0.166. The molecule has 32 heavy (non-hydrogen) atoms. The van der Waals surface area contributed by atoms with Gasteiger partial charge in [-0.1, -0.05) is 30.3 Å². The Balaban J connectivity index is 1.44. The highest BCUT2D eigenvalue weighted by molar-refractivity contribution is 7.92. The van der Waals surface area contributed by atoms with Crippen LogP contribution >= 0.6 is 0 Å². The van der Waals surface area contributed by atoms with Crippen LogP contribution in [0.5, 0.6) is 0 Å². The average molecular weight is 458 g/mol. The van der Waals surface area contributed by atoms with E-state index in [4.69, 9.17) is 0 Å². The normalized spacial score (nSPS) is 18.7. The summed E-state index contributed by atoms with van der Waals surface area (Å²) in [5, 5.41) is 7.05. The van der Waals surface area contributed by atoms with Gasteiger partial charge in [0.2, 0.25) is 21.5 Å². The predicted molar refractivity (Wildman–Crippen MR) is 125 cm³/mol. The minimum atomic E-state index is -3.35. The molecule has 0 radical (unpaired) electrons. The van der Waals surface area contributed by atoms with E-state index in [0.717, 1.165) is 37.2 Å². The maximum absolute atomic E-state index is 11.6. The van der Waals surface area contributed by atoms with E-state index in [1.807, 2.05) is 6.07 Å². The lowest BCUT2D eigenvalue weighted by molar-refractivity contribution is -0.349. The predicted octanol–water partition coefficient (Wildman–Crippen LogP) is 2.00. The third-order valence-electron chi connectivity index (χ3n) is 6.24. The first-order valence-corrected chi connectivity index (χ1v) is 12.9. The Bertz CT molecular complexity index is 1210. The number of anilines is 4. The Morgan fingerprint density at radius 1 is 1.19 bits per heavy atom. The van der Waals surface area contributed by atoms with Crippen LogP contribution in [-0.2, 0) is 10.0 Å². The molecule has 0 unspecified atom stereocenters. The van der Waals surface area contributed by atoms with Crippen molar-refractivity contribution >= 4 is 44.3 Å². The highest BCUT2D eigenvalue weighted by Crippen LogP contribution is 2.32. The van der Waals surface area contributed by atoms with Gasteiger partial charge in [0.05, 0.1) is 37.0 Å². The van der Waals surface area contributed by atoms with Crippen LogP contribution in [0.15, 0.2) is 30.6 Å². The van der Waals surface area contributed by atoms with Gasteiger partial charge in [0.25, 0.3) is 0 Å². The fourth-order valence-corrected chi connectivity index (χ4v) is 5.43. The van der Waals surface area contributed by atoms with Gasteiger partial charge in [-0.2, -0.15) is 0 Å². The lowest BCUT2D eigenvalue weighted by atomic mass is 9.80. The fourth-order valence-electron chi connectivity index (χ4n) is 4.87. The number of H-pyrrole nitrogens is 2. The summed E-state index contributed by atoms with van der Waals surface area (Å²) in [5.41, 5.74) is 2.88. The zero-order chi connectivity index (χ0) is 22.2. The summed E-state index contributed by atoms with van der Waals surface area (Å²) in [4.78, 5) is 18.1. The SMILES string of the molecule is CS(=O)(=O)Nc1cccc(Nc2nc3nc[nH]c3c(N3CCNC4(CCCCC4)C3)[nH+]2)c1. The zero-order valence-electron chi connectivity index (χ0n) is 18.1. The lowest BCUT2D eigenvalue weighted by Gasteiger charge is -2.44. The number of fused-ring (bicyclic) bond motifs is 1. The van der Waals surface area contributed by atoms with Gasteiger partial charge in [-0.25, -0.2) is 18.4 Å². The van der Waals surface area contributed by atoms with E-state index < -0.39 is 10.0 Å². The van der Waals surface area contributed by atoms with Gasteiger partial charge in [-0.3, -0.25) is 10.0 Å². The van der Waals surface area contributed by atoms with Gasteiger partial charge in [0, 0.05) is 12.1 Å². The van der Waals surface area contributed by atoms with E-state index in [1.54, 1.807) is 24.5 Å². The number of benzene rings is 1. The molecule has 0 amide bonds. The standard InChI is InChI=1S/C21H28N8O2S/c1-32(30,31)28-16-7-5-6-15(12-16)25-20-26-18-17(22-14-23-18)19(27-20)29-11-10-24-21(13-29)8-3-2-4-9-21/h5-7,12,14,24,28H,2-4,8-11,13H2,1H3,(H2,22,23,25,26,27)/p+1. The molecular formula is C21H29N8O2S+. The number of hydrogen-bond acceptors (Lipinski definition) is 7. The molecule has 3 heterocycles. The molecule has 1 aromatic carbocycles. The Hall–Kier alpha value is -2.92. The molecule has 1 saturated heterocycles. The van der Waals surface area contributed by atoms with Gasteiger partial charge < -0.3 is 15.2 Å². The average Bonchev–Trinajstić information content (AvgIpc) is 3.21. The summed E-state index contributed by atoms with van der Waals surface area (Å²) in [6, 6.07) is 7.08. The number of nitrogens with one attached hydrogen (secondary N) is 5. The van der Waals surface area contributed by atoms with Crippen molar-refractivity contribution < 1.29 is 13.4 Å². The summed E-state index contributed by atoms with van der Waals surface area (Å²) >= 11 is 0. The number of aromatic amines is 2. The van der Waals surface area contributed by atoms with E-state index >= 15 is 0 Å². The van der Waals surface area contributed by atoms with Gasteiger partial charge in [-0.15, -0.1) is 0 Å². The van der Waals surface area contributed by atoms with Crippen LogP contribution in [0.3, 0.4) is 0 Å². The lowest BCUT2D eigenvalue weighted by Crippen LogP contribution is -2.62. The molecule has 10 nitrogen and oxygen atoms in total. The van der Waals surface area contributed by atoms with E-state index in [2.05, 4.69) is 40.2 Å². The molecule has 2 aliphatic rings. The first kappa shape index (κ1) is 21.0. The van der Waals surface area contributed by atoms with Crippen molar-refractivity contribution in [2.75, 3.05) is 40.8 Å². The zero-order valence-corrected chi connectivity index (χ0v) is 18.9. The summed E-state index contributed by atoms with van der Waals surface area (Å²) in [6.07, 6.45) is 9.05. The Morgan fingerprint density at radius 3 is 2.81 bits per heavy atom. The van der Waals surface area contributed by atoms with Crippen molar-refractivity contribution in [2.45, 2.75) is 37.6 Å². The van der Waals surface area contributed by atoms with E-state index in [0.29, 0.717) is 23.0 Å². The van der Waals surface area contributed by atoms with Gasteiger partial charge in [0.15, 0.2) is 5.52 Å². The van der Waals surface area contributed by atoms with E-state index in [-0.39, 0.29) is 5.54 Å². The largest absolute Gasteiger partial charge is 0.351 e. The summed E-state index contributed by atoms with van der Waals surface area (Å²) in [6.45, 7) is 2.77. The van der Waals surface area contributed by atoms with Gasteiger partial charge in [0.1, 0.15) is 0 Å². The van der Waals surface area contributed by atoms with Crippen LogP contribution in [0.1, 0.15) is 32.1 Å². The van der Waals surface area contributed by atoms with Crippen LogP contribution in [0.4, 0.5) is 23.1 Å². The molecule has 1 aliphatic carbocycles. The highest BCUT2D eigenvalue weighted by atomic mass is 32.2. The number of nitrogens with zero attached hydrogens (tertiary/aromatic N) is 3. The summed E-state index contributed by atoms with van der Waals surface area (Å²) in [5.74, 6) is 1.51. The van der Waals surface area contributed by atoms with E-state index in [1.165, 1.54) is 32.1 Å². The number of sulfonamides is 1. The molecule has 5 N–H and O–H groups in total. The van der Waals surface area contributed by atoms with Crippen molar-refractivity contribution in [3.8, 4) is 0 Å². The second-order valence-electron chi connectivity index (χ2n) is 8.80. The molecule has 0 bridgehead atoms. The van der Waals surface area contributed by atoms with Crippen LogP contribution in [0, 0.1) is 0 Å². The van der Waals surface area contributed by atoms with Crippen LogP contribution in [-0.4, -0.2) is 54.8 Å². The summed E-state index contributed by atoms with van der Waals surface area (Å²) < 4.78 is 25.6. The smallest absolute Gasteiger partial charge is 0.337 e. The fraction of sp³-hybridized carbons (Fsp3) is 0.476. The topological polar surface area (TPSA) is 129 Å². The summed E-state index contributed by atoms with van der Waals surface area (Å²) in [7, 11) is -3.35. The van der Waals surface area contributed by atoms with Crippen LogP contribution < -0.4 is 25.2 Å². The molecule has 2 aromatic heterocycles. The molecule has 1 aliphatic heterocycles. The molecular weight excluding hydrogens is 428 g/mol. The van der Waals surface area contributed by atoms with E-state index in [9.17, 15) is 8.42 Å². The maximum atomic E-state index is 11.6. The number of imidazole rings is 1. The Labute approximate surface area is 187 Å². The maximum Gasteiger partial charge on any atom is 0.351 e. The van der Waals surface area contributed by atoms with Crippen molar-refractivity contribution in [1.29, 1.82) is 0 Å². The molecule has 2 fully saturated rings. The third-order valence-corrected chi connectivity index (χ3v) is 6.85. The molecule has 5 rings (SSSR count). The third kappa shape index (κ3) is 4.49. The first-order valence-electron chi connectivity index (χ1n) is 11.0. The molecule has 1 saturated carbocycles. The highest BCUT2D eigenvalue weighted by Gasteiger charge is 2.39. The van der Waals surface area contributed by atoms with Crippen molar-refractivity contribution in [1.82, 2.24) is 20.3 Å². The van der Waals surface area contributed by atoms with Crippen molar-refractivity contribution in [2.24, 2.45) is 0 Å². The molecule has 0 atom stereocenters. The molecule has 3 aromatic rings. The number of hydrogen-bond donors (Lipinski definition) is 4. The quantitative estimate of drug-likeness (QED) is 0.461. The first-order chi connectivity index (χ1) is 15.4. The van der Waals surface area contributed by atoms with Gasteiger partial charge in [-0.05, 0) is 31.0 Å². The van der Waals surface area contributed by atoms with Crippen LogP contribution in [0.2, 0.25) is 0 Å². The monoisotopic (exact) mass is 457 g/mol. The van der Waals surface area contributed by atoms with Crippen molar-refractivity contribution in [3.63, 3.8) is 0 Å². The molecule has 1 spiro atoms. The van der Waals surface area contributed by atoms with Gasteiger partial charge >= 0.3 is 5.95 Å². The number of aromatic nitrogens is 4. The van der Waals surface area contributed by atoms with Crippen molar-refractivity contribution in [3.05, 3.63) is 30.6 Å². The number of piperazine rings is 1. The second-order valence-corrected chi connectivity index (χ2v) is 10.6. The Kier molecular flexibility index (Phi) is 5.38. The minimum Gasteiger partial charge on any atom is -0.337 e. The number of rotatable bonds is 5. The van der Waals surface area contributed by atoms with Crippen LogP contribution in [0.25, 0.3) is 11.2 Å². The second kappa shape index (κ2) is 8.21. The molecule has 11 heteroatoms. The molecule has 170 valence electrons.